The Balaban J connectivity index is 1.33. The van der Waals surface area contributed by atoms with Crippen LogP contribution < -0.4 is 5.32 Å². The summed E-state index contributed by atoms with van der Waals surface area (Å²) in [5.74, 6) is 0.0705. The van der Waals surface area contributed by atoms with E-state index in [1.54, 1.807) is 12.1 Å². The molecule has 7 atom stereocenters. The number of rotatable bonds is 5. The molecule has 5 nitrogen and oxygen atoms in total. The van der Waals surface area contributed by atoms with Gasteiger partial charge >= 0.3 is 0 Å². The Morgan fingerprint density at radius 1 is 0.938 bits per heavy atom. The van der Waals surface area contributed by atoms with Crippen LogP contribution in [0.1, 0.15) is 12.0 Å². The first-order chi connectivity index (χ1) is 15.5. The van der Waals surface area contributed by atoms with Crippen molar-refractivity contribution in [2.24, 2.45) is 35.5 Å². The first-order valence-electron chi connectivity index (χ1n) is 11.2. The van der Waals surface area contributed by atoms with Crippen molar-refractivity contribution in [2.75, 3.05) is 5.32 Å². The van der Waals surface area contributed by atoms with Crippen LogP contribution in [0.5, 0.6) is 0 Å². The second kappa shape index (κ2) is 7.41. The molecule has 3 amide bonds. The van der Waals surface area contributed by atoms with Crippen LogP contribution >= 0.6 is 15.9 Å². The number of halogens is 1. The molecule has 0 spiro atoms. The highest BCUT2D eigenvalue weighted by Gasteiger charge is 2.67. The topological polar surface area (TPSA) is 66.5 Å². The number of carbonyl (C=O) groups excluding carboxylic acids is 3. The highest BCUT2D eigenvalue weighted by molar-refractivity contribution is 9.10. The van der Waals surface area contributed by atoms with Gasteiger partial charge in [-0.2, -0.15) is 0 Å². The molecule has 2 bridgehead atoms. The Hall–Kier alpha value is -2.73. The maximum atomic E-state index is 13.6. The van der Waals surface area contributed by atoms with E-state index in [9.17, 15) is 14.4 Å². The van der Waals surface area contributed by atoms with Crippen LogP contribution in [0.2, 0.25) is 0 Å². The minimum absolute atomic E-state index is 0.142. The van der Waals surface area contributed by atoms with Crippen LogP contribution in [-0.4, -0.2) is 28.7 Å². The van der Waals surface area contributed by atoms with Gasteiger partial charge < -0.3 is 5.32 Å². The van der Waals surface area contributed by atoms with Crippen molar-refractivity contribution in [1.82, 2.24) is 4.90 Å². The zero-order valence-electron chi connectivity index (χ0n) is 17.4. The molecule has 1 aliphatic heterocycles. The third kappa shape index (κ3) is 3.07. The first-order valence-corrected chi connectivity index (χ1v) is 12.0. The number of anilines is 1. The van der Waals surface area contributed by atoms with Crippen molar-refractivity contribution in [3.63, 3.8) is 0 Å². The van der Waals surface area contributed by atoms with E-state index < -0.39 is 6.04 Å². The summed E-state index contributed by atoms with van der Waals surface area (Å²) in [6.45, 7) is 0. The Morgan fingerprint density at radius 3 is 2.12 bits per heavy atom. The van der Waals surface area contributed by atoms with Crippen LogP contribution in [0.25, 0.3) is 0 Å². The minimum atomic E-state index is -0.873. The van der Waals surface area contributed by atoms with Gasteiger partial charge in [0.2, 0.25) is 17.7 Å². The number of benzene rings is 2. The maximum Gasteiger partial charge on any atom is 0.248 e. The van der Waals surface area contributed by atoms with Gasteiger partial charge in [-0.05, 0) is 59.9 Å². The maximum absolute atomic E-state index is 13.6. The van der Waals surface area contributed by atoms with Gasteiger partial charge in [0.25, 0.3) is 0 Å². The fraction of sp³-hybridized carbons (Fsp3) is 0.346. The van der Waals surface area contributed by atoms with Gasteiger partial charge in [0.05, 0.1) is 11.8 Å². The Morgan fingerprint density at radius 2 is 1.53 bits per heavy atom. The van der Waals surface area contributed by atoms with E-state index in [-0.39, 0.29) is 41.4 Å². The quantitative estimate of drug-likeness (QED) is 0.507. The SMILES string of the molecule is O=C(Nc1ccc(Br)cc1)[C@H](Cc1ccccc1)N1C(=O)[C@@H]2[C@H]3C=C[C@@H]([C@@H]4C[C@@H]34)[C@@H]2C1=O. The molecule has 5 aliphatic rings. The van der Waals surface area contributed by atoms with Crippen LogP contribution in [-0.2, 0) is 20.8 Å². The molecule has 3 fully saturated rings. The number of carbonyl (C=O) groups is 3. The fourth-order valence-corrected chi connectivity index (χ4v) is 6.45. The molecule has 0 aromatic heterocycles. The summed E-state index contributed by atoms with van der Waals surface area (Å²) < 4.78 is 0.909. The molecule has 2 aromatic rings. The average Bonchev–Trinajstić information content (AvgIpc) is 3.58. The summed E-state index contributed by atoms with van der Waals surface area (Å²) in [5.41, 5.74) is 1.55. The first kappa shape index (κ1) is 19.9. The van der Waals surface area contributed by atoms with E-state index in [4.69, 9.17) is 0 Å². The molecular weight excluding hydrogens is 468 g/mol. The number of nitrogens with zero attached hydrogens (tertiary/aromatic N) is 1. The second-order valence-corrected chi connectivity index (χ2v) is 10.3. The number of allylic oxidation sites excluding steroid dienone is 2. The van der Waals surface area contributed by atoms with E-state index in [1.807, 2.05) is 42.5 Å². The number of hydrogen-bond donors (Lipinski definition) is 1. The lowest BCUT2D eigenvalue weighted by Crippen LogP contribution is -2.49. The second-order valence-electron chi connectivity index (χ2n) is 9.40. The van der Waals surface area contributed by atoms with Crippen molar-refractivity contribution >= 4 is 39.3 Å². The molecule has 32 heavy (non-hydrogen) atoms. The molecule has 7 rings (SSSR count). The molecule has 1 saturated heterocycles. The van der Waals surface area contributed by atoms with E-state index in [0.29, 0.717) is 23.9 Å². The largest absolute Gasteiger partial charge is 0.324 e. The van der Waals surface area contributed by atoms with E-state index in [0.717, 1.165) is 16.5 Å². The highest BCUT2D eigenvalue weighted by Crippen LogP contribution is 2.65. The zero-order chi connectivity index (χ0) is 22.0. The van der Waals surface area contributed by atoms with Crippen molar-refractivity contribution in [3.05, 3.63) is 76.8 Å². The summed E-state index contributed by atoms with van der Waals surface area (Å²) in [6.07, 6.45) is 5.73. The van der Waals surface area contributed by atoms with E-state index >= 15 is 0 Å². The summed E-state index contributed by atoms with van der Waals surface area (Å²) >= 11 is 3.40. The predicted molar refractivity (Wildman–Crippen MR) is 123 cm³/mol. The fourth-order valence-electron chi connectivity index (χ4n) is 6.18. The number of imide groups is 1. The predicted octanol–water partition coefficient (Wildman–Crippen LogP) is 4.05. The van der Waals surface area contributed by atoms with Crippen LogP contribution in [0, 0.1) is 35.5 Å². The molecule has 2 aromatic carbocycles. The molecule has 1 N–H and O–H groups in total. The molecule has 0 unspecified atom stereocenters. The van der Waals surface area contributed by atoms with Crippen molar-refractivity contribution < 1.29 is 14.4 Å². The number of likely N-dealkylation sites (tertiary alicyclic amines) is 1. The lowest BCUT2D eigenvalue weighted by atomic mass is 9.63. The summed E-state index contributed by atoms with van der Waals surface area (Å²) in [5, 5.41) is 2.92. The van der Waals surface area contributed by atoms with Gasteiger partial charge in [0.1, 0.15) is 6.04 Å². The molecule has 2 saturated carbocycles. The summed E-state index contributed by atoms with van der Waals surface area (Å²) in [7, 11) is 0. The molecular formula is C26H23BrN2O3. The number of hydrogen-bond acceptors (Lipinski definition) is 3. The number of amides is 3. The van der Waals surface area contributed by atoms with Crippen LogP contribution in [0.4, 0.5) is 5.69 Å². The van der Waals surface area contributed by atoms with E-state index in [2.05, 4.69) is 33.4 Å². The Labute approximate surface area is 195 Å². The Kier molecular flexibility index (Phi) is 4.61. The monoisotopic (exact) mass is 490 g/mol. The lowest BCUT2D eigenvalue weighted by Gasteiger charge is -2.37. The Bertz CT molecular complexity index is 1090. The summed E-state index contributed by atoms with van der Waals surface area (Å²) in [6, 6.07) is 16.0. The zero-order valence-corrected chi connectivity index (χ0v) is 18.9. The molecule has 162 valence electrons. The normalized spacial score (nSPS) is 32.5. The van der Waals surface area contributed by atoms with Gasteiger partial charge in [-0.15, -0.1) is 0 Å². The van der Waals surface area contributed by atoms with Crippen LogP contribution in [0.3, 0.4) is 0 Å². The van der Waals surface area contributed by atoms with Crippen LogP contribution in [0.15, 0.2) is 71.2 Å². The third-order valence-electron chi connectivity index (χ3n) is 7.69. The van der Waals surface area contributed by atoms with Gasteiger partial charge in [-0.25, -0.2) is 0 Å². The molecule has 6 heteroatoms. The van der Waals surface area contributed by atoms with E-state index in [1.165, 1.54) is 4.90 Å². The van der Waals surface area contributed by atoms with Gasteiger partial charge in [-0.1, -0.05) is 58.4 Å². The minimum Gasteiger partial charge on any atom is -0.324 e. The molecule has 4 aliphatic carbocycles. The van der Waals surface area contributed by atoms with Gasteiger partial charge in [0.15, 0.2) is 0 Å². The standard InChI is InChI=1S/C26H23BrN2O3/c27-15-6-8-16(9-7-15)28-24(30)21(12-14-4-2-1-3-5-14)29-25(31)22-17-10-11-18(20-13-19(17)20)23(22)26(29)32/h1-11,17-23H,12-13H2,(H,28,30)/t17-,18-,19-,20-,21-,22-,23+/m0/s1. The highest BCUT2D eigenvalue weighted by atomic mass is 79.9. The van der Waals surface area contributed by atoms with Gasteiger partial charge in [-0.3, -0.25) is 19.3 Å². The van der Waals surface area contributed by atoms with Gasteiger partial charge in [0, 0.05) is 16.6 Å². The smallest absolute Gasteiger partial charge is 0.248 e. The van der Waals surface area contributed by atoms with Crippen molar-refractivity contribution in [3.8, 4) is 0 Å². The average molecular weight is 491 g/mol. The molecule has 1 heterocycles. The van der Waals surface area contributed by atoms with Crippen molar-refractivity contribution in [2.45, 2.75) is 18.9 Å². The number of nitrogens with one attached hydrogen (secondary N) is 1. The summed E-state index contributed by atoms with van der Waals surface area (Å²) in [4.78, 5) is 42.0. The molecule has 0 radical (unpaired) electrons. The lowest BCUT2D eigenvalue weighted by molar-refractivity contribution is -0.146. The van der Waals surface area contributed by atoms with Crippen molar-refractivity contribution in [1.29, 1.82) is 0 Å². The third-order valence-corrected chi connectivity index (χ3v) is 8.22.